The van der Waals surface area contributed by atoms with Crippen LogP contribution in [0.15, 0.2) is 48.5 Å². The molecule has 2 saturated heterocycles. The molecule has 3 N–H and O–H groups in total. The van der Waals surface area contributed by atoms with Crippen LogP contribution in [0, 0.1) is 0 Å². The van der Waals surface area contributed by atoms with Crippen molar-refractivity contribution in [1.29, 1.82) is 0 Å². The Hall–Kier alpha value is -3.07. The molecule has 0 unspecified atom stereocenters. The lowest BCUT2D eigenvalue weighted by molar-refractivity contribution is 0.0528. The largest absolute Gasteiger partial charge is 0.444 e. The Bertz CT molecular complexity index is 1160. The molecule has 45 heavy (non-hydrogen) atoms. The third kappa shape index (κ3) is 14.7. The zero-order valence-corrected chi connectivity index (χ0v) is 28.0. The zero-order valence-electron chi connectivity index (χ0n) is 28.0. The number of rotatable bonds is 15. The molecule has 0 radical (unpaired) electrons. The van der Waals surface area contributed by atoms with E-state index in [-0.39, 0.29) is 11.6 Å². The average Bonchev–Trinajstić information content (AvgIpc) is 3.72. The van der Waals surface area contributed by atoms with Gasteiger partial charge < -0.3 is 25.6 Å². The van der Waals surface area contributed by atoms with Crippen molar-refractivity contribution in [1.82, 2.24) is 15.1 Å². The van der Waals surface area contributed by atoms with Gasteiger partial charge in [-0.2, -0.15) is 0 Å². The topological polar surface area (TPSA) is 105 Å². The SMILES string of the molecule is CC(C)(C)OC(=O)NCCc1ccc(C(=O)CCCN2CCCC2)cc1.NCCc1ccc(C(=O)CCCN2CCCC2)cc1. The fourth-order valence-corrected chi connectivity index (χ4v) is 5.73. The summed E-state index contributed by atoms with van der Waals surface area (Å²) < 4.78 is 5.20. The molecule has 8 heteroatoms. The van der Waals surface area contributed by atoms with E-state index in [1.807, 2.05) is 69.3 Å². The molecule has 248 valence electrons. The van der Waals surface area contributed by atoms with Crippen molar-refractivity contribution in [2.24, 2.45) is 5.73 Å². The summed E-state index contributed by atoms with van der Waals surface area (Å²) in [6.07, 6.45) is 9.57. The number of carbonyl (C=O) groups excluding carboxylic acids is 3. The van der Waals surface area contributed by atoms with Crippen molar-refractivity contribution in [3.63, 3.8) is 0 Å². The number of ether oxygens (including phenoxy) is 1. The van der Waals surface area contributed by atoms with Gasteiger partial charge in [-0.1, -0.05) is 48.5 Å². The maximum absolute atomic E-state index is 12.3. The molecule has 4 rings (SSSR count). The molecule has 2 fully saturated rings. The molecule has 0 spiro atoms. The lowest BCUT2D eigenvalue weighted by Crippen LogP contribution is -2.33. The van der Waals surface area contributed by atoms with Crippen molar-refractivity contribution in [2.75, 3.05) is 52.4 Å². The first-order valence-corrected chi connectivity index (χ1v) is 17.0. The van der Waals surface area contributed by atoms with Crippen LogP contribution in [0.4, 0.5) is 4.79 Å². The second kappa shape index (κ2) is 19.4. The Morgan fingerprint density at radius 2 is 1.13 bits per heavy atom. The Morgan fingerprint density at radius 1 is 0.711 bits per heavy atom. The molecule has 2 aromatic carbocycles. The van der Waals surface area contributed by atoms with Crippen molar-refractivity contribution < 1.29 is 19.1 Å². The Morgan fingerprint density at radius 3 is 1.53 bits per heavy atom. The Kier molecular flexibility index (Phi) is 15.7. The summed E-state index contributed by atoms with van der Waals surface area (Å²) in [5.74, 6) is 0.473. The van der Waals surface area contributed by atoms with Crippen molar-refractivity contribution in [3.05, 3.63) is 70.8 Å². The number of nitrogens with one attached hydrogen (secondary N) is 1. The van der Waals surface area contributed by atoms with Crippen LogP contribution >= 0.6 is 0 Å². The van der Waals surface area contributed by atoms with Crippen LogP contribution in [-0.4, -0.2) is 85.4 Å². The zero-order chi connectivity index (χ0) is 32.5. The number of nitrogens with zero attached hydrogens (tertiary/aromatic N) is 2. The minimum absolute atomic E-state index is 0.211. The average molecular weight is 621 g/mol. The second-order valence-corrected chi connectivity index (χ2v) is 13.3. The van der Waals surface area contributed by atoms with E-state index >= 15 is 0 Å². The highest BCUT2D eigenvalue weighted by molar-refractivity contribution is 5.96. The Balaban J connectivity index is 0.000000257. The van der Waals surface area contributed by atoms with Crippen LogP contribution in [0.3, 0.4) is 0 Å². The summed E-state index contributed by atoms with van der Waals surface area (Å²) in [6, 6.07) is 15.6. The van der Waals surface area contributed by atoms with Crippen LogP contribution in [0.5, 0.6) is 0 Å². The fourth-order valence-electron chi connectivity index (χ4n) is 5.73. The van der Waals surface area contributed by atoms with Gasteiger partial charge in [0.25, 0.3) is 0 Å². The summed E-state index contributed by atoms with van der Waals surface area (Å²) in [5.41, 5.74) is 8.93. The second-order valence-electron chi connectivity index (χ2n) is 13.3. The number of benzene rings is 2. The van der Waals surface area contributed by atoms with Gasteiger partial charge in [-0.15, -0.1) is 0 Å². The standard InChI is InChI=1S/C21H32N2O3.C16H24N2O/c1-21(2,3)26-20(25)22-13-12-17-8-10-18(11-9-17)19(24)7-6-16-23-14-4-5-15-23;17-10-9-14-5-7-15(8-6-14)16(19)4-3-13-18-11-1-2-12-18/h8-11H,4-7,12-16H2,1-3H3,(H,22,25);5-8H,1-4,9-13,17H2. The molecular weight excluding hydrogens is 564 g/mol. The molecule has 2 heterocycles. The summed E-state index contributed by atoms with van der Waals surface area (Å²) in [5, 5.41) is 2.75. The predicted octanol–water partition coefficient (Wildman–Crippen LogP) is 6.06. The number of nitrogens with two attached hydrogens (primary N) is 1. The van der Waals surface area contributed by atoms with E-state index < -0.39 is 11.7 Å². The van der Waals surface area contributed by atoms with Crippen molar-refractivity contribution in [2.45, 2.75) is 90.6 Å². The first-order valence-electron chi connectivity index (χ1n) is 17.0. The van der Waals surface area contributed by atoms with E-state index in [0.717, 1.165) is 49.0 Å². The smallest absolute Gasteiger partial charge is 0.407 e. The number of hydrogen-bond donors (Lipinski definition) is 2. The maximum atomic E-state index is 12.3. The fraction of sp³-hybridized carbons (Fsp3) is 0.595. The molecule has 2 aliphatic rings. The van der Waals surface area contributed by atoms with Gasteiger partial charge in [0.05, 0.1) is 0 Å². The summed E-state index contributed by atoms with van der Waals surface area (Å²) in [7, 11) is 0. The van der Waals surface area contributed by atoms with E-state index in [1.54, 1.807) is 0 Å². The number of alkyl carbamates (subject to hydrolysis) is 1. The van der Waals surface area contributed by atoms with Gasteiger partial charge >= 0.3 is 6.09 Å². The van der Waals surface area contributed by atoms with Crippen LogP contribution in [0.2, 0.25) is 0 Å². The number of likely N-dealkylation sites (tertiary alicyclic amines) is 2. The summed E-state index contributed by atoms with van der Waals surface area (Å²) >= 11 is 0. The maximum Gasteiger partial charge on any atom is 0.407 e. The van der Waals surface area contributed by atoms with Crippen LogP contribution in [-0.2, 0) is 17.6 Å². The minimum Gasteiger partial charge on any atom is -0.444 e. The molecular formula is C37H56N4O4. The monoisotopic (exact) mass is 620 g/mol. The first kappa shape index (κ1) is 36.4. The third-order valence-corrected chi connectivity index (χ3v) is 8.22. The van der Waals surface area contributed by atoms with Crippen molar-refractivity contribution >= 4 is 17.7 Å². The van der Waals surface area contributed by atoms with Gasteiger partial charge in [0.1, 0.15) is 5.60 Å². The van der Waals surface area contributed by atoms with E-state index in [4.69, 9.17) is 10.5 Å². The number of hydrogen-bond acceptors (Lipinski definition) is 7. The number of ketones is 2. The van der Waals surface area contributed by atoms with E-state index in [1.165, 1.54) is 57.4 Å². The lowest BCUT2D eigenvalue weighted by Gasteiger charge is -2.19. The van der Waals surface area contributed by atoms with Crippen LogP contribution in [0.25, 0.3) is 0 Å². The highest BCUT2D eigenvalue weighted by atomic mass is 16.6. The van der Waals surface area contributed by atoms with Gasteiger partial charge in [-0.05, 0) is 129 Å². The lowest BCUT2D eigenvalue weighted by atomic mass is 10.0. The number of amides is 1. The van der Waals surface area contributed by atoms with Crippen LogP contribution < -0.4 is 11.1 Å². The molecule has 1 amide bonds. The van der Waals surface area contributed by atoms with Gasteiger partial charge in [0.15, 0.2) is 11.6 Å². The third-order valence-electron chi connectivity index (χ3n) is 8.22. The number of carbonyl (C=O) groups is 3. The quantitative estimate of drug-likeness (QED) is 0.233. The molecule has 2 aliphatic heterocycles. The van der Waals surface area contributed by atoms with Gasteiger partial charge in [0, 0.05) is 30.5 Å². The summed E-state index contributed by atoms with van der Waals surface area (Å²) in [4.78, 5) is 40.8. The molecule has 0 saturated carbocycles. The highest BCUT2D eigenvalue weighted by Crippen LogP contribution is 2.14. The normalized spacial score (nSPS) is 15.4. The highest BCUT2D eigenvalue weighted by Gasteiger charge is 2.16. The molecule has 0 aliphatic carbocycles. The van der Waals surface area contributed by atoms with Gasteiger partial charge in [0.2, 0.25) is 0 Å². The molecule has 0 aromatic heterocycles. The van der Waals surface area contributed by atoms with Gasteiger partial charge in [-0.25, -0.2) is 4.79 Å². The van der Waals surface area contributed by atoms with Gasteiger partial charge in [-0.3, -0.25) is 9.59 Å². The van der Waals surface area contributed by atoms with E-state index in [9.17, 15) is 14.4 Å². The molecule has 0 bridgehead atoms. The number of Topliss-reactive ketones (excluding diaryl/α,β-unsaturated/α-hetero) is 2. The minimum atomic E-state index is -0.485. The van der Waals surface area contributed by atoms with Crippen molar-refractivity contribution in [3.8, 4) is 0 Å². The molecule has 0 atom stereocenters. The molecule has 8 nitrogen and oxygen atoms in total. The van der Waals surface area contributed by atoms with E-state index in [0.29, 0.717) is 32.4 Å². The molecule has 2 aromatic rings. The predicted molar refractivity (Wildman–Crippen MR) is 182 cm³/mol. The summed E-state index contributed by atoms with van der Waals surface area (Å²) in [6.45, 7) is 13.6. The first-order chi connectivity index (χ1) is 21.6. The van der Waals surface area contributed by atoms with E-state index in [2.05, 4.69) is 15.1 Å². The van der Waals surface area contributed by atoms with Crippen LogP contribution in [0.1, 0.15) is 104 Å². The Labute approximate surface area is 271 Å².